The van der Waals surface area contributed by atoms with Crippen LogP contribution in [-0.2, 0) is 7.05 Å². The molecule has 0 unspecified atom stereocenters. The normalized spacial score (nSPS) is 10.8. The summed E-state index contributed by atoms with van der Waals surface area (Å²) in [6, 6.07) is 6.78. The number of benzene rings is 1. The summed E-state index contributed by atoms with van der Waals surface area (Å²) in [5.74, 6) is 0.826. The molecular formula is C15H13ClFN5S. The molecule has 2 heterocycles. The molecule has 0 aliphatic heterocycles. The molecule has 0 aliphatic carbocycles. The van der Waals surface area contributed by atoms with E-state index in [1.807, 2.05) is 6.07 Å². The Labute approximate surface area is 141 Å². The molecule has 0 spiro atoms. The summed E-state index contributed by atoms with van der Waals surface area (Å²) in [6.07, 6.45) is 3.27. The first-order valence-electron chi connectivity index (χ1n) is 6.75. The Kier molecular flexibility index (Phi) is 4.49. The minimum atomic E-state index is -0.254. The Hall–Kier alpha value is -2.12. The molecule has 8 heteroatoms. The van der Waals surface area contributed by atoms with Crippen LogP contribution >= 0.6 is 23.4 Å². The number of aromatic nitrogens is 4. The number of nitrogens with one attached hydrogen (secondary N) is 1. The molecule has 118 valence electrons. The highest BCUT2D eigenvalue weighted by molar-refractivity contribution is 7.99. The van der Waals surface area contributed by atoms with Crippen LogP contribution in [0.3, 0.4) is 0 Å². The van der Waals surface area contributed by atoms with Crippen LogP contribution in [0, 0.1) is 12.7 Å². The molecule has 0 saturated heterocycles. The smallest absolute Gasteiger partial charge is 0.228 e. The Balaban J connectivity index is 1.94. The first-order chi connectivity index (χ1) is 11.0. The molecule has 0 fully saturated rings. The van der Waals surface area contributed by atoms with Gasteiger partial charge in [0.25, 0.3) is 0 Å². The number of rotatable bonds is 4. The van der Waals surface area contributed by atoms with Crippen LogP contribution in [0.2, 0.25) is 5.15 Å². The van der Waals surface area contributed by atoms with Crippen LogP contribution in [0.1, 0.15) is 5.56 Å². The van der Waals surface area contributed by atoms with Crippen molar-refractivity contribution >= 4 is 35.1 Å². The fourth-order valence-electron chi connectivity index (χ4n) is 1.92. The molecule has 3 rings (SSSR count). The Morgan fingerprint density at radius 1 is 1.26 bits per heavy atom. The quantitative estimate of drug-likeness (QED) is 0.764. The largest absolute Gasteiger partial charge is 0.308 e. The fraction of sp³-hybridized carbons (Fsp3) is 0.133. The molecule has 0 radical (unpaired) electrons. The van der Waals surface area contributed by atoms with E-state index in [0.29, 0.717) is 27.4 Å². The molecule has 0 atom stereocenters. The van der Waals surface area contributed by atoms with Gasteiger partial charge in [0.15, 0.2) is 5.15 Å². The Morgan fingerprint density at radius 2 is 2.00 bits per heavy atom. The van der Waals surface area contributed by atoms with Gasteiger partial charge in [-0.25, -0.2) is 19.0 Å². The molecule has 3 aromatic rings. The van der Waals surface area contributed by atoms with Gasteiger partial charge in [-0.2, -0.15) is 5.10 Å². The zero-order valence-corrected chi connectivity index (χ0v) is 14.0. The third kappa shape index (κ3) is 3.46. The van der Waals surface area contributed by atoms with Crippen molar-refractivity contribution in [2.75, 3.05) is 5.32 Å². The number of halogens is 2. The van der Waals surface area contributed by atoms with Crippen molar-refractivity contribution in [2.24, 2.45) is 7.05 Å². The second-order valence-corrected chi connectivity index (χ2v) is 6.24. The van der Waals surface area contributed by atoms with E-state index in [9.17, 15) is 4.39 Å². The number of aryl methyl sites for hydroxylation is 2. The number of hydrogen-bond acceptors (Lipinski definition) is 5. The van der Waals surface area contributed by atoms with Gasteiger partial charge in [-0.3, -0.25) is 0 Å². The van der Waals surface area contributed by atoms with Crippen molar-refractivity contribution in [1.29, 1.82) is 0 Å². The van der Waals surface area contributed by atoms with Gasteiger partial charge < -0.3 is 5.32 Å². The molecule has 1 N–H and O–H groups in total. The summed E-state index contributed by atoms with van der Waals surface area (Å²) in [7, 11) is 1.76. The van der Waals surface area contributed by atoms with Crippen molar-refractivity contribution in [3.8, 4) is 0 Å². The molecule has 0 amide bonds. The first-order valence-corrected chi connectivity index (χ1v) is 7.94. The zero-order chi connectivity index (χ0) is 16.4. The van der Waals surface area contributed by atoms with Crippen molar-refractivity contribution in [3.05, 3.63) is 53.2 Å². The van der Waals surface area contributed by atoms with Gasteiger partial charge >= 0.3 is 0 Å². The van der Waals surface area contributed by atoms with E-state index in [1.54, 1.807) is 43.2 Å². The Morgan fingerprint density at radius 3 is 2.70 bits per heavy atom. The van der Waals surface area contributed by atoms with Crippen LogP contribution in [0.25, 0.3) is 0 Å². The topological polar surface area (TPSA) is 55.6 Å². The van der Waals surface area contributed by atoms with E-state index >= 15 is 0 Å². The summed E-state index contributed by atoms with van der Waals surface area (Å²) in [5, 5.41) is 7.61. The summed E-state index contributed by atoms with van der Waals surface area (Å²) in [4.78, 5) is 9.67. The lowest BCUT2D eigenvalue weighted by Gasteiger charge is -2.08. The summed E-state index contributed by atoms with van der Waals surface area (Å²) in [5.41, 5.74) is 0.600. The number of hydrogen-bond donors (Lipinski definition) is 1. The van der Waals surface area contributed by atoms with E-state index in [1.165, 1.54) is 17.8 Å². The first kappa shape index (κ1) is 15.8. The van der Waals surface area contributed by atoms with Crippen LogP contribution in [0.5, 0.6) is 0 Å². The SMILES string of the molecule is Cc1ccc(Sc2c(Cl)nn(C)c2Nc2ncccn2)cc1F. The predicted octanol–water partition coefficient (Wildman–Crippen LogP) is 4.21. The second-order valence-electron chi connectivity index (χ2n) is 4.80. The van der Waals surface area contributed by atoms with Crippen molar-refractivity contribution in [1.82, 2.24) is 19.7 Å². The van der Waals surface area contributed by atoms with Gasteiger partial charge in [-0.05, 0) is 30.7 Å². The summed E-state index contributed by atoms with van der Waals surface area (Å²) < 4.78 is 15.3. The molecular weight excluding hydrogens is 337 g/mol. The van der Waals surface area contributed by atoms with Gasteiger partial charge in [0.05, 0.1) is 4.90 Å². The van der Waals surface area contributed by atoms with Gasteiger partial charge in [0, 0.05) is 24.3 Å². The zero-order valence-electron chi connectivity index (χ0n) is 12.4. The van der Waals surface area contributed by atoms with Gasteiger partial charge in [-0.1, -0.05) is 29.4 Å². The highest BCUT2D eigenvalue weighted by atomic mass is 35.5. The third-order valence-electron chi connectivity index (χ3n) is 3.12. The molecule has 5 nitrogen and oxygen atoms in total. The highest BCUT2D eigenvalue weighted by Crippen LogP contribution is 2.39. The molecule has 0 aliphatic rings. The molecule has 2 aromatic heterocycles. The van der Waals surface area contributed by atoms with Gasteiger partial charge in [0.2, 0.25) is 5.95 Å². The maximum absolute atomic E-state index is 13.7. The van der Waals surface area contributed by atoms with Crippen LogP contribution in [0.4, 0.5) is 16.2 Å². The Bertz CT molecular complexity index is 837. The highest BCUT2D eigenvalue weighted by Gasteiger charge is 2.17. The molecule has 1 aromatic carbocycles. The molecule has 23 heavy (non-hydrogen) atoms. The standard InChI is InChI=1S/C15H13ClFN5S/c1-9-4-5-10(8-11(9)17)23-12-13(16)21-22(2)14(12)20-15-18-6-3-7-19-15/h3-8H,1-2H3,(H,18,19,20). The predicted molar refractivity (Wildman–Crippen MR) is 88.8 cm³/mol. The number of anilines is 2. The molecule has 0 bridgehead atoms. The lowest BCUT2D eigenvalue weighted by Crippen LogP contribution is -2.02. The van der Waals surface area contributed by atoms with Crippen LogP contribution in [0.15, 0.2) is 46.5 Å². The summed E-state index contributed by atoms with van der Waals surface area (Å²) in [6.45, 7) is 1.72. The van der Waals surface area contributed by atoms with E-state index in [0.717, 1.165) is 4.90 Å². The van der Waals surface area contributed by atoms with Gasteiger partial charge in [-0.15, -0.1) is 0 Å². The second kappa shape index (κ2) is 6.55. The van der Waals surface area contributed by atoms with Crippen LogP contribution in [-0.4, -0.2) is 19.7 Å². The van der Waals surface area contributed by atoms with Crippen molar-refractivity contribution in [3.63, 3.8) is 0 Å². The van der Waals surface area contributed by atoms with Crippen molar-refractivity contribution in [2.45, 2.75) is 16.7 Å². The fourth-order valence-corrected chi connectivity index (χ4v) is 3.18. The van der Waals surface area contributed by atoms with Gasteiger partial charge in [0.1, 0.15) is 11.6 Å². The van der Waals surface area contributed by atoms with Crippen LogP contribution < -0.4 is 5.32 Å². The third-order valence-corrected chi connectivity index (χ3v) is 4.58. The minimum Gasteiger partial charge on any atom is -0.308 e. The van der Waals surface area contributed by atoms with E-state index in [-0.39, 0.29) is 5.82 Å². The van der Waals surface area contributed by atoms with E-state index in [2.05, 4.69) is 20.4 Å². The van der Waals surface area contributed by atoms with Crippen molar-refractivity contribution < 1.29 is 4.39 Å². The number of nitrogens with zero attached hydrogens (tertiary/aromatic N) is 4. The maximum Gasteiger partial charge on any atom is 0.228 e. The average Bonchev–Trinajstić information content (AvgIpc) is 2.79. The summed E-state index contributed by atoms with van der Waals surface area (Å²) >= 11 is 7.54. The monoisotopic (exact) mass is 349 g/mol. The lowest BCUT2D eigenvalue weighted by atomic mass is 10.2. The van der Waals surface area contributed by atoms with E-state index in [4.69, 9.17) is 11.6 Å². The van der Waals surface area contributed by atoms with E-state index < -0.39 is 0 Å². The average molecular weight is 350 g/mol. The lowest BCUT2D eigenvalue weighted by molar-refractivity contribution is 0.615. The maximum atomic E-state index is 13.7. The molecule has 0 saturated carbocycles. The minimum absolute atomic E-state index is 0.254.